The van der Waals surface area contributed by atoms with Crippen LogP contribution in [-0.4, -0.2) is 60.9 Å². The Morgan fingerprint density at radius 2 is 1.44 bits per heavy atom. The molecule has 0 aromatic heterocycles. The Balaban J connectivity index is 1.61. The summed E-state index contributed by atoms with van der Waals surface area (Å²) >= 11 is 0. The molecule has 0 saturated carbocycles. The number of amides is 2. The zero-order chi connectivity index (χ0) is 19.6. The number of halogens is 1. The predicted octanol–water partition coefficient (Wildman–Crippen LogP) is 2.76. The second-order valence-corrected chi connectivity index (χ2v) is 8.33. The highest BCUT2D eigenvalue weighted by atomic mass is 19.1. The molecule has 2 heterocycles. The number of likely N-dealkylation sites (tertiary alicyclic amines) is 1. The summed E-state index contributed by atoms with van der Waals surface area (Å²) in [6.07, 6.45) is 1.99. The van der Waals surface area contributed by atoms with E-state index in [0.717, 1.165) is 25.9 Å². The molecule has 0 atom stereocenters. The Morgan fingerprint density at radius 3 is 2.00 bits per heavy atom. The molecule has 2 aliphatic rings. The van der Waals surface area contributed by atoms with Crippen LogP contribution in [0.1, 0.15) is 33.6 Å². The lowest BCUT2D eigenvalue weighted by atomic mass is 9.87. The Labute approximate surface area is 161 Å². The van der Waals surface area contributed by atoms with Gasteiger partial charge in [0.2, 0.25) is 11.8 Å². The quantitative estimate of drug-likeness (QED) is 0.763. The summed E-state index contributed by atoms with van der Waals surface area (Å²) in [4.78, 5) is 31.6. The minimum absolute atomic E-state index is 0.0732. The summed E-state index contributed by atoms with van der Waals surface area (Å²) in [6.45, 7) is 9.28. The van der Waals surface area contributed by atoms with Gasteiger partial charge in [-0.05, 0) is 44.7 Å². The summed E-state index contributed by atoms with van der Waals surface area (Å²) in [5.74, 6) is 0.196. The number of para-hydroxylation sites is 1. The van der Waals surface area contributed by atoms with Gasteiger partial charge in [-0.25, -0.2) is 4.39 Å². The van der Waals surface area contributed by atoms with E-state index in [1.54, 1.807) is 30.9 Å². The van der Waals surface area contributed by atoms with Gasteiger partial charge >= 0.3 is 0 Å². The van der Waals surface area contributed by atoms with Crippen LogP contribution >= 0.6 is 0 Å². The normalized spacial score (nSPS) is 19.3. The Hall–Kier alpha value is -2.11. The standard InChI is InChI=1S/C21H30FN3O2/c1-16-8-10-24(11-9-16)19(26)21(2,3)20(27)25-14-12-23(13-15-25)18-7-5-4-6-17(18)22/h4-7,16H,8-15H2,1-3H3. The second-order valence-electron chi connectivity index (χ2n) is 8.33. The molecular formula is C21H30FN3O2. The fourth-order valence-corrected chi connectivity index (χ4v) is 3.95. The van der Waals surface area contributed by atoms with Crippen molar-refractivity contribution in [1.29, 1.82) is 0 Å². The second kappa shape index (κ2) is 7.87. The van der Waals surface area contributed by atoms with E-state index in [1.165, 1.54) is 6.07 Å². The number of hydrogen-bond donors (Lipinski definition) is 0. The van der Waals surface area contributed by atoms with Gasteiger partial charge in [0.1, 0.15) is 11.2 Å². The summed E-state index contributed by atoms with van der Waals surface area (Å²) in [7, 11) is 0. The molecule has 0 bridgehead atoms. The van der Waals surface area contributed by atoms with Crippen molar-refractivity contribution in [3.05, 3.63) is 30.1 Å². The van der Waals surface area contributed by atoms with Crippen LogP contribution in [0.3, 0.4) is 0 Å². The van der Waals surface area contributed by atoms with E-state index in [2.05, 4.69) is 6.92 Å². The number of rotatable bonds is 3. The molecule has 2 fully saturated rings. The Kier molecular flexibility index (Phi) is 5.72. The van der Waals surface area contributed by atoms with E-state index >= 15 is 0 Å². The first-order chi connectivity index (χ1) is 12.8. The van der Waals surface area contributed by atoms with Crippen molar-refractivity contribution in [2.75, 3.05) is 44.2 Å². The molecule has 1 aromatic carbocycles. The molecule has 6 heteroatoms. The van der Waals surface area contributed by atoms with Crippen molar-refractivity contribution in [2.45, 2.75) is 33.6 Å². The smallest absolute Gasteiger partial charge is 0.237 e. The average Bonchev–Trinajstić information content (AvgIpc) is 2.68. The van der Waals surface area contributed by atoms with Gasteiger partial charge in [0, 0.05) is 39.3 Å². The molecule has 0 unspecified atom stereocenters. The molecule has 27 heavy (non-hydrogen) atoms. The Morgan fingerprint density at radius 1 is 0.926 bits per heavy atom. The van der Waals surface area contributed by atoms with Crippen molar-refractivity contribution in [3.8, 4) is 0 Å². The maximum Gasteiger partial charge on any atom is 0.237 e. The number of carbonyl (C=O) groups excluding carboxylic acids is 2. The molecule has 0 N–H and O–H groups in total. The molecule has 2 saturated heterocycles. The molecule has 1 aromatic rings. The van der Waals surface area contributed by atoms with E-state index in [4.69, 9.17) is 0 Å². The first-order valence-corrected chi connectivity index (χ1v) is 9.89. The summed E-state index contributed by atoms with van der Waals surface area (Å²) in [5.41, 5.74) is -0.483. The zero-order valence-electron chi connectivity index (χ0n) is 16.6. The molecule has 2 aliphatic heterocycles. The van der Waals surface area contributed by atoms with Crippen molar-refractivity contribution < 1.29 is 14.0 Å². The van der Waals surface area contributed by atoms with Gasteiger partial charge in [-0.2, -0.15) is 0 Å². The van der Waals surface area contributed by atoms with Gasteiger partial charge in [0.15, 0.2) is 0 Å². The summed E-state index contributed by atoms with van der Waals surface area (Å²) in [5, 5.41) is 0. The zero-order valence-corrected chi connectivity index (χ0v) is 16.6. The van der Waals surface area contributed by atoms with Crippen LogP contribution in [0.4, 0.5) is 10.1 Å². The predicted molar refractivity (Wildman–Crippen MR) is 104 cm³/mol. The maximum atomic E-state index is 14.0. The Bertz CT molecular complexity index is 690. The molecule has 5 nitrogen and oxygen atoms in total. The number of piperazine rings is 1. The summed E-state index contributed by atoms with van der Waals surface area (Å²) < 4.78 is 14.0. The van der Waals surface area contributed by atoms with Crippen molar-refractivity contribution in [1.82, 2.24) is 9.80 Å². The molecular weight excluding hydrogens is 345 g/mol. The van der Waals surface area contributed by atoms with E-state index in [1.807, 2.05) is 15.9 Å². The first-order valence-electron chi connectivity index (χ1n) is 9.89. The topological polar surface area (TPSA) is 43.9 Å². The maximum absolute atomic E-state index is 14.0. The van der Waals surface area contributed by atoms with Gasteiger partial charge in [0.05, 0.1) is 5.69 Å². The number of carbonyl (C=O) groups is 2. The van der Waals surface area contributed by atoms with Crippen molar-refractivity contribution >= 4 is 17.5 Å². The average molecular weight is 375 g/mol. The SMILES string of the molecule is CC1CCN(C(=O)C(C)(C)C(=O)N2CCN(c3ccccc3F)CC2)CC1. The van der Waals surface area contributed by atoms with Gasteiger partial charge < -0.3 is 14.7 Å². The lowest BCUT2D eigenvalue weighted by Gasteiger charge is -2.41. The van der Waals surface area contributed by atoms with Crippen LogP contribution < -0.4 is 4.90 Å². The third-order valence-corrected chi connectivity index (χ3v) is 5.90. The lowest BCUT2D eigenvalue weighted by Crippen LogP contribution is -2.56. The number of piperidine rings is 1. The van der Waals surface area contributed by atoms with E-state index < -0.39 is 5.41 Å². The van der Waals surface area contributed by atoms with Gasteiger partial charge in [-0.1, -0.05) is 19.1 Å². The molecule has 148 valence electrons. The first kappa shape index (κ1) is 19.6. The highest BCUT2D eigenvalue weighted by molar-refractivity contribution is 6.04. The minimum atomic E-state index is -1.05. The number of benzene rings is 1. The molecule has 0 aliphatic carbocycles. The van der Waals surface area contributed by atoms with Crippen LogP contribution in [-0.2, 0) is 9.59 Å². The highest BCUT2D eigenvalue weighted by Gasteiger charge is 2.43. The van der Waals surface area contributed by atoms with Crippen LogP contribution in [0.5, 0.6) is 0 Å². The van der Waals surface area contributed by atoms with Gasteiger partial charge in [-0.3, -0.25) is 9.59 Å². The minimum Gasteiger partial charge on any atom is -0.366 e. The molecule has 0 radical (unpaired) electrons. The van der Waals surface area contributed by atoms with E-state index in [-0.39, 0.29) is 17.6 Å². The van der Waals surface area contributed by atoms with E-state index in [9.17, 15) is 14.0 Å². The largest absolute Gasteiger partial charge is 0.366 e. The van der Waals surface area contributed by atoms with Crippen LogP contribution in [0.15, 0.2) is 24.3 Å². The van der Waals surface area contributed by atoms with Crippen molar-refractivity contribution in [2.24, 2.45) is 11.3 Å². The summed E-state index contributed by atoms with van der Waals surface area (Å²) in [6, 6.07) is 6.71. The van der Waals surface area contributed by atoms with Crippen LogP contribution in [0.25, 0.3) is 0 Å². The molecule has 3 rings (SSSR count). The van der Waals surface area contributed by atoms with Gasteiger partial charge in [-0.15, -0.1) is 0 Å². The fraction of sp³-hybridized carbons (Fsp3) is 0.619. The monoisotopic (exact) mass is 375 g/mol. The third-order valence-electron chi connectivity index (χ3n) is 5.90. The lowest BCUT2D eigenvalue weighted by molar-refractivity contribution is -0.155. The van der Waals surface area contributed by atoms with Crippen LogP contribution in [0, 0.1) is 17.2 Å². The van der Waals surface area contributed by atoms with Crippen LogP contribution in [0.2, 0.25) is 0 Å². The molecule has 2 amide bonds. The van der Waals surface area contributed by atoms with E-state index in [0.29, 0.717) is 37.8 Å². The third kappa shape index (κ3) is 4.09. The van der Waals surface area contributed by atoms with Gasteiger partial charge in [0.25, 0.3) is 0 Å². The highest BCUT2D eigenvalue weighted by Crippen LogP contribution is 2.27. The number of anilines is 1. The molecule has 0 spiro atoms. The fourth-order valence-electron chi connectivity index (χ4n) is 3.95. The number of nitrogens with zero attached hydrogens (tertiary/aromatic N) is 3. The van der Waals surface area contributed by atoms with Crippen molar-refractivity contribution in [3.63, 3.8) is 0 Å². The number of hydrogen-bond acceptors (Lipinski definition) is 3.